The van der Waals surface area contributed by atoms with E-state index in [4.69, 9.17) is 11.6 Å². The number of benzene rings is 2. The van der Waals surface area contributed by atoms with Crippen LogP contribution < -0.4 is 10.6 Å². The minimum Gasteiger partial charge on any atom is -0.344 e. The molecule has 5 nitrogen and oxygen atoms in total. The van der Waals surface area contributed by atoms with E-state index in [9.17, 15) is 4.79 Å². The fourth-order valence-electron chi connectivity index (χ4n) is 2.32. The number of carbonyl (C=O) groups is 1. The Hall–Kier alpha value is -2.92. The second-order valence-electron chi connectivity index (χ2n) is 5.51. The van der Waals surface area contributed by atoms with Gasteiger partial charge in [0.05, 0.1) is 16.8 Å². The molecule has 0 spiro atoms. The Kier molecular flexibility index (Phi) is 5.26. The Balaban J connectivity index is 1.65. The highest BCUT2D eigenvalue weighted by Crippen LogP contribution is 2.23. The van der Waals surface area contributed by atoms with Gasteiger partial charge in [0.2, 0.25) is 0 Å². The Morgan fingerprint density at radius 1 is 0.960 bits per heavy atom. The molecule has 0 aliphatic heterocycles. The van der Waals surface area contributed by atoms with Crippen LogP contribution in [-0.2, 0) is 0 Å². The van der Waals surface area contributed by atoms with Crippen LogP contribution in [0.4, 0.5) is 11.5 Å². The van der Waals surface area contributed by atoms with Gasteiger partial charge in [-0.25, -0.2) is 0 Å². The topological polar surface area (TPSA) is 66.9 Å². The number of nitrogens with zero attached hydrogens (tertiary/aromatic N) is 2. The predicted octanol–water partition coefficient (Wildman–Crippen LogP) is 4.36. The molecule has 126 valence electrons. The van der Waals surface area contributed by atoms with Gasteiger partial charge in [-0.3, -0.25) is 4.79 Å². The number of carbonyl (C=O) groups excluding carboxylic acids is 1. The molecule has 0 saturated carbocycles. The standard InChI is InChI=1S/C19H17ClN4O/c1-13(14-7-3-2-4-8-14)21-19(25)17-11-12-18(24-23-17)22-16-10-6-5-9-15(16)20/h2-13H,1H3,(H,21,25)(H,22,24). The average molecular weight is 353 g/mol. The zero-order valence-corrected chi connectivity index (χ0v) is 14.4. The number of halogens is 1. The summed E-state index contributed by atoms with van der Waals surface area (Å²) in [6, 6.07) is 20.3. The number of rotatable bonds is 5. The monoisotopic (exact) mass is 352 g/mol. The molecule has 1 aromatic heterocycles. The van der Waals surface area contributed by atoms with Crippen LogP contribution in [-0.4, -0.2) is 16.1 Å². The maximum Gasteiger partial charge on any atom is 0.272 e. The smallest absolute Gasteiger partial charge is 0.272 e. The van der Waals surface area contributed by atoms with Crippen molar-refractivity contribution < 1.29 is 4.79 Å². The molecule has 0 bridgehead atoms. The van der Waals surface area contributed by atoms with Crippen LogP contribution >= 0.6 is 11.6 Å². The molecule has 1 unspecified atom stereocenters. The van der Waals surface area contributed by atoms with Crippen molar-refractivity contribution in [3.8, 4) is 0 Å². The van der Waals surface area contributed by atoms with E-state index in [0.29, 0.717) is 10.8 Å². The summed E-state index contributed by atoms with van der Waals surface area (Å²) in [5.41, 5.74) is 2.02. The Morgan fingerprint density at radius 3 is 2.36 bits per heavy atom. The van der Waals surface area contributed by atoms with Gasteiger partial charge in [0.25, 0.3) is 5.91 Å². The third-order valence-electron chi connectivity index (χ3n) is 3.68. The fourth-order valence-corrected chi connectivity index (χ4v) is 2.50. The zero-order valence-electron chi connectivity index (χ0n) is 13.6. The van der Waals surface area contributed by atoms with Crippen LogP contribution in [0.5, 0.6) is 0 Å². The van der Waals surface area contributed by atoms with E-state index < -0.39 is 0 Å². The van der Waals surface area contributed by atoms with Gasteiger partial charge in [0.15, 0.2) is 11.5 Å². The lowest BCUT2D eigenvalue weighted by atomic mass is 10.1. The number of hydrogen-bond acceptors (Lipinski definition) is 4. The van der Waals surface area contributed by atoms with Crippen molar-refractivity contribution in [1.82, 2.24) is 15.5 Å². The van der Waals surface area contributed by atoms with Crippen molar-refractivity contribution in [1.29, 1.82) is 0 Å². The van der Waals surface area contributed by atoms with E-state index in [1.807, 2.05) is 55.5 Å². The number of nitrogens with one attached hydrogen (secondary N) is 2. The molecular weight excluding hydrogens is 336 g/mol. The van der Waals surface area contributed by atoms with Gasteiger partial charge in [0, 0.05) is 0 Å². The summed E-state index contributed by atoms with van der Waals surface area (Å²) < 4.78 is 0. The highest BCUT2D eigenvalue weighted by atomic mass is 35.5. The van der Waals surface area contributed by atoms with E-state index >= 15 is 0 Å². The lowest BCUT2D eigenvalue weighted by Crippen LogP contribution is -2.27. The third kappa shape index (κ3) is 4.33. The summed E-state index contributed by atoms with van der Waals surface area (Å²) in [6.45, 7) is 1.92. The van der Waals surface area contributed by atoms with Crippen molar-refractivity contribution >= 4 is 29.0 Å². The molecule has 2 aromatic carbocycles. The number of anilines is 2. The second-order valence-corrected chi connectivity index (χ2v) is 5.92. The van der Waals surface area contributed by atoms with Crippen molar-refractivity contribution in [2.75, 3.05) is 5.32 Å². The number of hydrogen-bond donors (Lipinski definition) is 2. The first-order chi connectivity index (χ1) is 12.1. The molecule has 3 rings (SSSR count). The van der Waals surface area contributed by atoms with Gasteiger partial charge in [-0.05, 0) is 36.8 Å². The van der Waals surface area contributed by atoms with Crippen LogP contribution in [0.1, 0.15) is 29.0 Å². The van der Waals surface area contributed by atoms with Crippen molar-refractivity contribution in [2.45, 2.75) is 13.0 Å². The quantitative estimate of drug-likeness (QED) is 0.715. The van der Waals surface area contributed by atoms with Gasteiger partial charge in [-0.15, -0.1) is 10.2 Å². The van der Waals surface area contributed by atoms with Crippen LogP contribution in [0.15, 0.2) is 66.7 Å². The van der Waals surface area contributed by atoms with Crippen molar-refractivity contribution in [3.05, 3.63) is 83.0 Å². The Bertz CT molecular complexity index is 853. The summed E-state index contributed by atoms with van der Waals surface area (Å²) >= 11 is 6.10. The molecule has 0 saturated heterocycles. The molecule has 0 fully saturated rings. The molecule has 6 heteroatoms. The van der Waals surface area contributed by atoms with E-state index in [-0.39, 0.29) is 17.6 Å². The molecule has 3 aromatic rings. The first kappa shape index (κ1) is 16.9. The first-order valence-electron chi connectivity index (χ1n) is 7.84. The highest BCUT2D eigenvalue weighted by Gasteiger charge is 2.13. The van der Waals surface area contributed by atoms with E-state index in [0.717, 1.165) is 11.3 Å². The molecule has 1 heterocycles. The summed E-state index contributed by atoms with van der Waals surface area (Å²) in [5, 5.41) is 14.6. The minimum absolute atomic E-state index is 0.114. The fraction of sp³-hybridized carbons (Fsp3) is 0.105. The summed E-state index contributed by atoms with van der Waals surface area (Å²) in [4.78, 5) is 12.3. The first-order valence-corrected chi connectivity index (χ1v) is 8.22. The van der Waals surface area contributed by atoms with Gasteiger partial charge in [-0.2, -0.15) is 0 Å². The van der Waals surface area contributed by atoms with Gasteiger partial charge in [0.1, 0.15) is 0 Å². The van der Waals surface area contributed by atoms with E-state index in [1.165, 1.54) is 0 Å². The van der Waals surface area contributed by atoms with Crippen LogP contribution in [0.2, 0.25) is 5.02 Å². The molecule has 25 heavy (non-hydrogen) atoms. The second kappa shape index (κ2) is 7.77. The molecule has 0 aliphatic rings. The van der Waals surface area contributed by atoms with E-state index in [1.54, 1.807) is 18.2 Å². The summed E-state index contributed by atoms with van der Waals surface area (Å²) in [6.07, 6.45) is 0. The lowest BCUT2D eigenvalue weighted by molar-refractivity contribution is 0.0934. The maximum atomic E-state index is 12.3. The van der Waals surface area contributed by atoms with Crippen molar-refractivity contribution in [2.24, 2.45) is 0 Å². The van der Waals surface area contributed by atoms with Crippen LogP contribution in [0, 0.1) is 0 Å². The Labute approximate surface area is 151 Å². The SMILES string of the molecule is CC(NC(=O)c1ccc(Nc2ccccc2Cl)nn1)c1ccccc1. The largest absolute Gasteiger partial charge is 0.344 e. The lowest BCUT2D eigenvalue weighted by Gasteiger charge is -2.13. The maximum absolute atomic E-state index is 12.3. The summed E-state index contributed by atoms with van der Waals surface area (Å²) in [7, 11) is 0. The van der Waals surface area contributed by atoms with Crippen molar-refractivity contribution in [3.63, 3.8) is 0 Å². The molecule has 2 N–H and O–H groups in total. The average Bonchev–Trinajstić information content (AvgIpc) is 2.65. The predicted molar refractivity (Wildman–Crippen MR) is 99.1 cm³/mol. The zero-order chi connectivity index (χ0) is 17.6. The van der Waals surface area contributed by atoms with Crippen LogP contribution in [0.25, 0.3) is 0 Å². The van der Waals surface area contributed by atoms with Crippen LogP contribution in [0.3, 0.4) is 0 Å². The minimum atomic E-state index is -0.270. The molecular formula is C19H17ClN4O. The Morgan fingerprint density at radius 2 is 1.68 bits per heavy atom. The summed E-state index contributed by atoms with van der Waals surface area (Å²) in [5.74, 6) is 0.244. The number of amides is 1. The van der Waals surface area contributed by atoms with Gasteiger partial charge in [-0.1, -0.05) is 54.1 Å². The normalized spacial score (nSPS) is 11.6. The highest BCUT2D eigenvalue weighted by molar-refractivity contribution is 6.33. The van der Waals surface area contributed by atoms with Gasteiger partial charge < -0.3 is 10.6 Å². The third-order valence-corrected chi connectivity index (χ3v) is 4.01. The van der Waals surface area contributed by atoms with E-state index in [2.05, 4.69) is 20.8 Å². The molecule has 1 amide bonds. The molecule has 0 aliphatic carbocycles. The van der Waals surface area contributed by atoms with Gasteiger partial charge >= 0.3 is 0 Å². The molecule has 1 atom stereocenters. The number of aromatic nitrogens is 2. The number of para-hydroxylation sites is 1. The molecule has 0 radical (unpaired) electrons.